The van der Waals surface area contributed by atoms with Gasteiger partial charge in [-0.1, -0.05) is 12.8 Å². The summed E-state index contributed by atoms with van der Waals surface area (Å²) in [4.78, 5) is 14.6. The number of aryl methyl sites for hydroxylation is 1. The third-order valence-electron chi connectivity index (χ3n) is 4.32. The summed E-state index contributed by atoms with van der Waals surface area (Å²) in [6.07, 6.45) is 4.60. The predicted octanol–water partition coefficient (Wildman–Crippen LogP) is 3.21. The Labute approximate surface area is 136 Å². The second-order valence-electron chi connectivity index (χ2n) is 5.99. The first-order valence-electron chi connectivity index (χ1n) is 8.19. The number of rotatable bonds is 3. The molecule has 3 rings (SSSR count). The first-order valence-corrected chi connectivity index (χ1v) is 8.19. The van der Waals surface area contributed by atoms with E-state index < -0.39 is 0 Å². The third kappa shape index (κ3) is 3.38. The lowest BCUT2D eigenvalue weighted by Crippen LogP contribution is -2.32. The highest BCUT2D eigenvalue weighted by Crippen LogP contribution is 2.18. The Morgan fingerprint density at radius 2 is 1.74 bits per heavy atom. The topological polar surface area (TPSA) is 47.4 Å². The van der Waals surface area contributed by atoms with Crippen molar-refractivity contribution in [3.8, 4) is 11.4 Å². The number of benzene rings is 1. The van der Waals surface area contributed by atoms with Crippen LogP contribution >= 0.6 is 0 Å². The van der Waals surface area contributed by atoms with Gasteiger partial charge in [-0.05, 0) is 50.1 Å². The van der Waals surface area contributed by atoms with E-state index in [-0.39, 0.29) is 5.91 Å². The Hall–Kier alpha value is -2.30. The van der Waals surface area contributed by atoms with E-state index in [1.165, 1.54) is 12.8 Å². The molecule has 1 aliphatic rings. The number of aromatic nitrogens is 2. The number of ether oxygens (including phenoxy) is 1. The molecule has 5 heteroatoms. The molecule has 1 fully saturated rings. The molecule has 5 nitrogen and oxygen atoms in total. The monoisotopic (exact) mass is 313 g/mol. The van der Waals surface area contributed by atoms with Crippen LogP contribution in [0.2, 0.25) is 0 Å². The third-order valence-corrected chi connectivity index (χ3v) is 4.32. The van der Waals surface area contributed by atoms with Crippen LogP contribution in [-0.2, 0) is 0 Å². The Kier molecular flexibility index (Phi) is 4.65. The zero-order valence-electron chi connectivity index (χ0n) is 13.8. The van der Waals surface area contributed by atoms with Crippen LogP contribution in [0, 0.1) is 6.92 Å². The summed E-state index contributed by atoms with van der Waals surface area (Å²) < 4.78 is 6.99. The quantitative estimate of drug-likeness (QED) is 0.874. The van der Waals surface area contributed by atoms with Crippen molar-refractivity contribution in [3.63, 3.8) is 0 Å². The summed E-state index contributed by atoms with van der Waals surface area (Å²) in [5.41, 5.74) is 2.41. The van der Waals surface area contributed by atoms with Crippen LogP contribution < -0.4 is 4.74 Å². The van der Waals surface area contributed by atoms with E-state index in [0.29, 0.717) is 5.69 Å². The molecule has 2 heterocycles. The van der Waals surface area contributed by atoms with Gasteiger partial charge < -0.3 is 9.64 Å². The van der Waals surface area contributed by atoms with Crippen molar-refractivity contribution in [2.45, 2.75) is 32.6 Å². The molecule has 1 saturated heterocycles. The van der Waals surface area contributed by atoms with Gasteiger partial charge in [-0.25, -0.2) is 4.68 Å². The average Bonchev–Trinajstić information content (AvgIpc) is 2.79. The van der Waals surface area contributed by atoms with Gasteiger partial charge in [0.15, 0.2) is 5.69 Å². The Bertz CT molecular complexity index is 668. The lowest BCUT2D eigenvalue weighted by atomic mass is 10.2. The van der Waals surface area contributed by atoms with Crippen LogP contribution in [-0.4, -0.2) is 40.8 Å². The van der Waals surface area contributed by atoms with Crippen molar-refractivity contribution in [1.29, 1.82) is 0 Å². The number of methoxy groups -OCH3 is 1. The van der Waals surface area contributed by atoms with Crippen LogP contribution in [0.25, 0.3) is 5.69 Å². The molecule has 0 aliphatic carbocycles. The van der Waals surface area contributed by atoms with Crippen LogP contribution in [0.4, 0.5) is 0 Å². The average molecular weight is 313 g/mol. The van der Waals surface area contributed by atoms with Gasteiger partial charge in [0, 0.05) is 18.8 Å². The fourth-order valence-corrected chi connectivity index (χ4v) is 3.00. The minimum atomic E-state index is 0.0438. The number of carbonyl (C=O) groups is 1. The Balaban J connectivity index is 1.83. The van der Waals surface area contributed by atoms with Crippen molar-refractivity contribution >= 4 is 5.91 Å². The molecule has 0 saturated carbocycles. The molecule has 1 aromatic heterocycles. The van der Waals surface area contributed by atoms with Crippen LogP contribution in [0.15, 0.2) is 30.3 Å². The number of hydrogen-bond donors (Lipinski definition) is 0. The minimum absolute atomic E-state index is 0.0438. The van der Waals surface area contributed by atoms with Gasteiger partial charge in [0.2, 0.25) is 0 Å². The van der Waals surface area contributed by atoms with E-state index in [1.807, 2.05) is 46.8 Å². The first kappa shape index (κ1) is 15.6. The Morgan fingerprint density at radius 3 is 2.35 bits per heavy atom. The molecular weight excluding hydrogens is 290 g/mol. The van der Waals surface area contributed by atoms with E-state index in [2.05, 4.69) is 5.10 Å². The molecule has 122 valence electrons. The number of likely N-dealkylation sites (tertiary alicyclic amines) is 1. The molecule has 1 aliphatic heterocycles. The highest BCUT2D eigenvalue weighted by Gasteiger charge is 2.20. The molecule has 1 aromatic carbocycles. The lowest BCUT2D eigenvalue weighted by molar-refractivity contribution is 0.0755. The smallest absolute Gasteiger partial charge is 0.274 e. The van der Waals surface area contributed by atoms with Crippen molar-refractivity contribution in [1.82, 2.24) is 14.7 Å². The van der Waals surface area contributed by atoms with Gasteiger partial charge in [0.1, 0.15) is 5.75 Å². The summed E-state index contributed by atoms with van der Waals surface area (Å²) in [5, 5.41) is 4.53. The van der Waals surface area contributed by atoms with Crippen molar-refractivity contribution < 1.29 is 9.53 Å². The standard InChI is InChI=1S/C18H23N3O2/c1-14-13-17(18(22)20-11-5-3-4-6-12-20)19-21(14)15-7-9-16(23-2)10-8-15/h7-10,13H,3-6,11-12H2,1-2H3. The summed E-state index contributed by atoms with van der Waals surface area (Å²) in [6, 6.07) is 9.55. The van der Waals surface area contributed by atoms with Crippen LogP contribution in [0.3, 0.4) is 0 Å². The number of carbonyl (C=O) groups excluding carboxylic acids is 1. The zero-order chi connectivity index (χ0) is 16.2. The van der Waals surface area contributed by atoms with Gasteiger partial charge in [-0.2, -0.15) is 5.10 Å². The second-order valence-corrected chi connectivity index (χ2v) is 5.99. The molecule has 1 amide bonds. The normalized spacial score (nSPS) is 15.3. The molecule has 0 N–H and O–H groups in total. The number of nitrogens with zero attached hydrogens (tertiary/aromatic N) is 3. The van der Waals surface area contributed by atoms with E-state index in [4.69, 9.17) is 4.74 Å². The molecule has 0 unspecified atom stereocenters. The number of hydrogen-bond acceptors (Lipinski definition) is 3. The highest BCUT2D eigenvalue weighted by molar-refractivity contribution is 5.92. The summed E-state index contributed by atoms with van der Waals surface area (Å²) >= 11 is 0. The Morgan fingerprint density at radius 1 is 1.09 bits per heavy atom. The van der Waals surface area contributed by atoms with Crippen molar-refractivity contribution in [2.75, 3.05) is 20.2 Å². The minimum Gasteiger partial charge on any atom is -0.497 e. The van der Waals surface area contributed by atoms with E-state index in [9.17, 15) is 4.79 Å². The first-order chi connectivity index (χ1) is 11.2. The SMILES string of the molecule is COc1ccc(-n2nc(C(=O)N3CCCCCC3)cc2C)cc1. The largest absolute Gasteiger partial charge is 0.497 e. The maximum absolute atomic E-state index is 12.7. The maximum atomic E-state index is 12.7. The molecule has 0 atom stereocenters. The molecule has 0 radical (unpaired) electrons. The van der Waals surface area contributed by atoms with Crippen molar-refractivity contribution in [2.24, 2.45) is 0 Å². The summed E-state index contributed by atoms with van der Waals surface area (Å²) in [6.45, 7) is 3.65. The van der Waals surface area contributed by atoms with Gasteiger partial charge in [-0.15, -0.1) is 0 Å². The van der Waals surface area contributed by atoms with Crippen molar-refractivity contribution in [3.05, 3.63) is 41.7 Å². The maximum Gasteiger partial charge on any atom is 0.274 e. The fraction of sp³-hybridized carbons (Fsp3) is 0.444. The van der Waals surface area contributed by atoms with Gasteiger partial charge in [0.05, 0.1) is 12.8 Å². The molecular formula is C18H23N3O2. The second kappa shape index (κ2) is 6.86. The summed E-state index contributed by atoms with van der Waals surface area (Å²) in [7, 11) is 1.64. The zero-order valence-corrected chi connectivity index (χ0v) is 13.8. The predicted molar refractivity (Wildman–Crippen MR) is 89.2 cm³/mol. The van der Waals surface area contributed by atoms with E-state index in [0.717, 1.165) is 43.1 Å². The van der Waals surface area contributed by atoms with Gasteiger partial charge in [0.25, 0.3) is 5.91 Å². The van der Waals surface area contributed by atoms with E-state index >= 15 is 0 Å². The van der Waals surface area contributed by atoms with Gasteiger partial charge >= 0.3 is 0 Å². The van der Waals surface area contributed by atoms with Crippen LogP contribution in [0.5, 0.6) is 5.75 Å². The van der Waals surface area contributed by atoms with Gasteiger partial charge in [-0.3, -0.25) is 4.79 Å². The van der Waals surface area contributed by atoms with Crippen LogP contribution in [0.1, 0.15) is 41.9 Å². The lowest BCUT2D eigenvalue weighted by Gasteiger charge is -2.18. The molecule has 0 bridgehead atoms. The highest BCUT2D eigenvalue weighted by atomic mass is 16.5. The molecule has 2 aromatic rings. The number of amides is 1. The summed E-state index contributed by atoms with van der Waals surface area (Å²) in [5.74, 6) is 0.849. The van der Waals surface area contributed by atoms with E-state index in [1.54, 1.807) is 7.11 Å². The molecule has 23 heavy (non-hydrogen) atoms. The molecule has 0 spiro atoms. The fourth-order valence-electron chi connectivity index (χ4n) is 3.00.